The molecule has 33 heavy (non-hydrogen) atoms. The highest BCUT2D eigenvalue weighted by atomic mass is 32.2. The molecule has 1 heterocycles. The molecular weight excluding hydrogens is 443 g/mol. The van der Waals surface area contributed by atoms with Crippen LogP contribution in [0.25, 0.3) is 11.3 Å². The van der Waals surface area contributed by atoms with Crippen molar-refractivity contribution in [2.24, 2.45) is 0 Å². The summed E-state index contributed by atoms with van der Waals surface area (Å²) in [7, 11) is -1.94. The topological polar surface area (TPSA) is 95.2 Å². The highest BCUT2D eigenvalue weighted by Crippen LogP contribution is 2.19. The first-order valence-corrected chi connectivity index (χ1v) is 12.1. The number of benzene rings is 2. The third kappa shape index (κ3) is 6.72. The number of aromatic amines is 1. The van der Waals surface area contributed by atoms with Gasteiger partial charge >= 0.3 is 0 Å². The van der Waals surface area contributed by atoms with E-state index in [1.807, 2.05) is 6.07 Å². The van der Waals surface area contributed by atoms with Gasteiger partial charge < -0.3 is 4.90 Å². The summed E-state index contributed by atoms with van der Waals surface area (Å²) in [6.07, 6.45) is 1.41. The first-order chi connectivity index (χ1) is 15.4. The Labute approximate surface area is 194 Å². The minimum absolute atomic E-state index is 0.118. The molecule has 176 valence electrons. The molecule has 0 saturated carbocycles. The summed E-state index contributed by atoms with van der Waals surface area (Å²) in [6.45, 7) is 5.83. The van der Waals surface area contributed by atoms with Gasteiger partial charge in [0.15, 0.2) is 0 Å². The summed E-state index contributed by atoms with van der Waals surface area (Å²) in [5, 5.41) is 7.24. The summed E-state index contributed by atoms with van der Waals surface area (Å²) < 4.78 is 40.5. The number of H-pyrrole nitrogens is 1. The molecule has 0 radical (unpaired) electrons. The smallest absolute Gasteiger partial charge is 0.253 e. The van der Waals surface area contributed by atoms with Crippen molar-refractivity contribution < 1.29 is 17.6 Å². The zero-order valence-corrected chi connectivity index (χ0v) is 20.0. The first kappa shape index (κ1) is 24.6. The van der Waals surface area contributed by atoms with Crippen LogP contribution in [0.1, 0.15) is 43.2 Å². The monoisotopic (exact) mass is 472 g/mol. The Morgan fingerprint density at radius 2 is 1.73 bits per heavy atom. The summed E-state index contributed by atoms with van der Waals surface area (Å²) in [6, 6.07) is 14.0. The second-order valence-electron chi connectivity index (χ2n) is 9.00. The van der Waals surface area contributed by atoms with Gasteiger partial charge in [-0.15, -0.1) is 0 Å². The van der Waals surface area contributed by atoms with Crippen molar-refractivity contribution in [2.45, 2.75) is 44.0 Å². The molecular formula is C24H29FN4O3S. The van der Waals surface area contributed by atoms with Crippen LogP contribution >= 0.6 is 0 Å². The molecule has 0 fully saturated rings. The third-order valence-corrected chi connectivity index (χ3v) is 6.68. The number of aromatic nitrogens is 2. The number of hydrogen-bond acceptors (Lipinski definition) is 4. The maximum Gasteiger partial charge on any atom is 0.253 e. The van der Waals surface area contributed by atoms with Gasteiger partial charge in [0, 0.05) is 36.0 Å². The minimum atomic E-state index is -3.65. The van der Waals surface area contributed by atoms with Gasteiger partial charge in [0.25, 0.3) is 5.91 Å². The van der Waals surface area contributed by atoms with Crippen molar-refractivity contribution in [3.63, 3.8) is 0 Å². The Hall–Kier alpha value is -3.04. The van der Waals surface area contributed by atoms with Crippen LogP contribution in [0.4, 0.5) is 4.39 Å². The van der Waals surface area contributed by atoms with Gasteiger partial charge in [-0.25, -0.2) is 17.5 Å². The van der Waals surface area contributed by atoms with E-state index >= 15 is 0 Å². The summed E-state index contributed by atoms with van der Waals surface area (Å²) in [4.78, 5) is 14.4. The normalized spacial score (nSPS) is 12.0. The molecule has 0 spiro atoms. The Morgan fingerprint density at radius 1 is 1.09 bits per heavy atom. The van der Waals surface area contributed by atoms with Crippen molar-refractivity contribution in [2.75, 3.05) is 13.6 Å². The summed E-state index contributed by atoms with van der Waals surface area (Å²) in [5.41, 5.74) is 2.32. The minimum Gasteiger partial charge on any atom is -0.342 e. The van der Waals surface area contributed by atoms with Crippen LogP contribution in [-0.4, -0.2) is 48.6 Å². The average Bonchev–Trinajstić information content (AvgIpc) is 3.21. The van der Waals surface area contributed by atoms with E-state index in [0.717, 1.165) is 23.4 Å². The van der Waals surface area contributed by atoms with Crippen molar-refractivity contribution in [3.8, 4) is 11.3 Å². The highest BCUT2D eigenvalue weighted by Gasteiger charge is 2.22. The van der Waals surface area contributed by atoms with E-state index in [-0.39, 0.29) is 16.6 Å². The van der Waals surface area contributed by atoms with Gasteiger partial charge in [0.1, 0.15) is 5.82 Å². The predicted molar refractivity (Wildman–Crippen MR) is 126 cm³/mol. The number of nitrogens with one attached hydrogen (secondary N) is 2. The van der Waals surface area contributed by atoms with E-state index in [2.05, 4.69) is 14.9 Å². The fourth-order valence-electron chi connectivity index (χ4n) is 3.33. The second-order valence-corrected chi connectivity index (χ2v) is 10.7. The molecule has 3 rings (SSSR count). The largest absolute Gasteiger partial charge is 0.342 e. The molecule has 0 unspecified atom stereocenters. The van der Waals surface area contributed by atoms with Crippen LogP contribution in [0.2, 0.25) is 0 Å². The lowest BCUT2D eigenvalue weighted by atomic mass is 10.1. The highest BCUT2D eigenvalue weighted by molar-refractivity contribution is 7.89. The second kappa shape index (κ2) is 9.84. The maximum absolute atomic E-state index is 13.1. The van der Waals surface area contributed by atoms with Gasteiger partial charge in [0.05, 0.1) is 10.6 Å². The number of rotatable bonds is 8. The number of carbonyl (C=O) groups is 1. The van der Waals surface area contributed by atoms with E-state index in [1.54, 1.807) is 44.9 Å². The Kier molecular flexibility index (Phi) is 7.34. The quantitative estimate of drug-likeness (QED) is 0.518. The maximum atomic E-state index is 13.1. The van der Waals surface area contributed by atoms with E-state index in [0.29, 0.717) is 18.5 Å². The fourth-order valence-corrected chi connectivity index (χ4v) is 4.74. The van der Waals surface area contributed by atoms with Crippen molar-refractivity contribution >= 4 is 15.9 Å². The van der Waals surface area contributed by atoms with Crippen LogP contribution in [0.5, 0.6) is 0 Å². The molecule has 1 aromatic heterocycles. The molecule has 3 aromatic rings. The Morgan fingerprint density at radius 3 is 2.33 bits per heavy atom. The number of amides is 1. The summed E-state index contributed by atoms with van der Waals surface area (Å²) >= 11 is 0. The molecule has 0 atom stereocenters. The summed E-state index contributed by atoms with van der Waals surface area (Å²) in [5.74, 6) is -0.473. The van der Waals surface area contributed by atoms with Crippen LogP contribution < -0.4 is 4.72 Å². The number of halogens is 1. The van der Waals surface area contributed by atoms with Gasteiger partial charge in [0.2, 0.25) is 10.0 Å². The van der Waals surface area contributed by atoms with E-state index in [1.165, 1.54) is 36.4 Å². The van der Waals surface area contributed by atoms with Crippen molar-refractivity contribution in [3.05, 3.63) is 71.7 Å². The molecule has 0 saturated heterocycles. The lowest BCUT2D eigenvalue weighted by Crippen LogP contribution is -2.40. The van der Waals surface area contributed by atoms with Crippen molar-refractivity contribution in [1.29, 1.82) is 0 Å². The van der Waals surface area contributed by atoms with Crippen LogP contribution in [0.15, 0.2) is 59.5 Å². The number of sulfonamides is 1. The van der Waals surface area contributed by atoms with Gasteiger partial charge in [-0.05, 0) is 88.2 Å². The molecule has 2 aromatic carbocycles. The lowest BCUT2D eigenvalue weighted by molar-refractivity contribution is 0.0793. The lowest BCUT2D eigenvalue weighted by Gasteiger charge is -2.20. The zero-order chi connectivity index (χ0) is 24.2. The van der Waals surface area contributed by atoms with Gasteiger partial charge in [-0.1, -0.05) is 0 Å². The number of aryl methyl sites for hydroxylation is 1. The van der Waals surface area contributed by atoms with Gasteiger partial charge in [-0.3, -0.25) is 9.89 Å². The average molecular weight is 473 g/mol. The third-order valence-electron chi connectivity index (χ3n) is 4.91. The van der Waals surface area contributed by atoms with Crippen LogP contribution in [-0.2, 0) is 16.4 Å². The number of nitrogens with zero attached hydrogens (tertiary/aromatic N) is 2. The number of carbonyl (C=O) groups excluding carboxylic acids is 1. The number of hydrogen-bond donors (Lipinski definition) is 2. The molecule has 0 aliphatic heterocycles. The zero-order valence-electron chi connectivity index (χ0n) is 19.2. The van der Waals surface area contributed by atoms with Crippen LogP contribution in [0.3, 0.4) is 0 Å². The predicted octanol–water partition coefficient (Wildman–Crippen LogP) is 4.00. The van der Waals surface area contributed by atoms with E-state index in [9.17, 15) is 17.6 Å². The molecule has 9 heteroatoms. The molecule has 2 N–H and O–H groups in total. The Bertz CT molecular complexity index is 1200. The molecule has 0 aliphatic rings. The SMILES string of the molecule is CN(CCCc1cc(-c2ccc(F)cc2)n[nH]1)C(=O)c1ccc(S(=O)(=O)NC(C)(C)C)cc1. The first-order valence-electron chi connectivity index (χ1n) is 10.6. The molecule has 7 nitrogen and oxygen atoms in total. The molecule has 0 aliphatic carbocycles. The molecule has 0 bridgehead atoms. The fraction of sp³-hybridized carbons (Fsp3) is 0.333. The van der Waals surface area contributed by atoms with Crippen molar-refractivity contribution in [1.82, 2.24) is 19.8 Å². The van der Waals surface area contributed by atoms with E-state index in [4.69, 9.17) is 0 Å². The van der Waals surface area contributed by atoms with Crippen LogP contribution in [0, 0.1) is 5.82 Å². The molecule has 1 amide bonds. The van der Waals surface area contributed by atoms with Gasteiger partial charge in [-0.2, -0.15) is 5.10 Å². The van der Waals surface area contributed by atoms with E-state index < -0.39 is 15.6 Å². The standard InChI is InChI=1S/C24H29FN4O3S/c1-24(2,3)28-33(31,32)21-13-9-18(10-14-21)23(30)29(4)15-5-6-20-16-22(27-26-20)17-7-11-19(25)12-8-17/h7-14,16,28H,5-6,15H2,1-4H3,(H,26,27). The Balaban J connectivity index is 1.54.